The zero-order valence-electron chi connectivity index (χ0n) is 21.7. The van der Waals surface area contributed by atoms with Crippen molar-refractivity contribution in [2.24, 2.45) is 56.7 Å². The third-order valence-electron chi connectivity index (χ3n) is 13.1. The van der Waals surface area contributed by atoms with E-state index >= 15 is 0 Å². The minimum Gasteiger partial charge on any atom is -0.299 e. The number of rotatable bonds is 0. The van der Waals surface area contributed by atoms with Crippen LogP contribution in [-0.2, 0) is 4.79 Å². The van der Waals surface area contributed by atoms with Gasteiger partial charge in [0, 0.05) is 11.8 Å². The molecule has 0 radical (unpaired) electrons. The topological polar surface area (TPSA) is 17.1 Å². The molecule has 4 fully saturated rings. The summed E-state index contributed by atoms with van der Waals surface area (Å²) in [5.74, 6) is 4.24. The second-order valence-electron chi connectivity index (χ2n) is 14.4. The minimum absolute atomic E-state index is 0.141. The zero-order valence-corrected chi connectivity index (χ0v) is 21.7. The van der Waals surface area contributed by atoms with Gasteiger partial charge in [-0.2, -0.15) is 0 Å². The largest absolute Gasteiger partial charge is 0.299 e. The molecular weight excluding hydrogens is 376 g/mol. The second-order valence-corrected chi connectivity index (χ2v) is 14.4. The van der Waals surface area contributed by atoms with E-state index in [1.165, 1.54) is 44.9 Å². The highest BCUT2D eigenvalue weighted by molar-refractivity contribution is 5.85. The van der Waals surface area contributed by atoms with Crippen molar-refractivity contribution in [3.8, 4) is 0 Å². The minimum atomic E-state index is -0.141. The standard InChI is InChI=1S/C30H48O/c1-19-11-14-27(5)17-18-29(7)21(25(27)20(19)2)9-10-23-28(6)15-13-24(31)26(3,4)22(28)12-16-30(23,29)8/h9,19-20,22-23,25H,10-18H2,1-8H3/t19-,20-,22+,23+,25+,27+,28+,29+,30-/m0/s1. The van der Waals surface area contributed by atoms with Gasteiger partial charge in [0.2, 0.25) is 0 Å². The van der Waals surface area contributed by atoms with Gasteiger partial charge in [-0.25, -0.2) is 0 Å². The van der Waals surface area contributed by atoms with E-state index in [0.717, 1.165) is 36.5 Å². The fourth-order valence-electron chi connectivity index (χ4n) is 10.7. The van der Waals surface area contributed by atoms with E-state index in [9.17, 15) is 4.79 Å². The first-order valence-electron chi connectivity index (χ1n) is 13.6. The number of fused-ring (bicyclic) bond motifs is 7. The van der Waals surface area contributed by atoms with Crippen LogP contribution in [0.2, 0.25) is 0 Å². The van der Waals surface area contributed by atoms with Crippen LogP contribution >= 0.6 is 0 Å². The Balaban J connectivity index is 1.60. The predicted molar refractivity (Wildman–Crippen MR) is 130 cm³/mol. The molecule has 0 spiro atoms. The van der Waals surface area contributed by atoms with Crippen LogP contribution in [0.3, 0.4) is 0 Å². The number of hydrogen-bond acceptors (Lipinski definition) is 1. The lowest BCUT2D eigenvalue weighted by atomic mass is 9.33. The molecule has 31 heavy (non-hydrogen) atoms. The normalized spacial score (nSPS) is 55.9. The number of carbonyl (C=O) groups excluding carboxylic acids is 1. The van der Waals surface area contributed by atoms with Crippen LogP contribution in [-0.4, -0.2) is 5.78 Å². The van der Waals surface area contributed by atoms with Crippen molar-refractivity contribution in [2.45, 2.75) is 113 Å². The highest BCUT2D eigenvalue weighted by Gasteiger charge is 2.68. The van der Waals surface area contributed by atoms with Crippen LogP contribution in [0.4, 0.5) is 0 Å². The molecule has 1 heteroatoms. The maximum atomic E-state index is 12.9. The van der Waals surface area contributed by atoms with E-state index in [0.29, 0.717) is 33.4 Å². The van der Waals surface area contributed by atoms with Gasteiger partial charge in [-0.1, -0.05) is 67.0 Å². The van der Waals surface area contributed by atoms with Crippen LogP contribution in [0.25, 0.3) is 0 Å². The van der Waals surface area contributed by atoms with Crippen molar-refractivity contribution < 1.29 is 4.79 Å². The Bertz CT molecular complexity index is 820. The molecule has 9 atom stereocenters. The summed E-state index contributed by atoms with van der Waals surface area (Å²) in [6.07, 6.45) is 14.1. The molecule has 0 aromatic rings. The molecule has 5 rings (SSSR count). The average Bonchev–Trinajstić information content (AvgIpc) is 2.69. The molecule has 0 aromatic heterocycles. The Morgan fingerprint density at radius 2 is 1.55 bits per heavy atom. The average molecular weight is 425 g/mol. The Morgan fingerprint density at radius 1 is 0.839 bits per heavy atom. The number of Topliss-reactive ketones (excluding diaryl/α,β-unsaturated/α-hetero) is 1. The Labute approximate surface area is 192 Å². The summed E-state index contributed by atoms with van der Waals surface area (Å²) in [6.45, 7) is 20.2. The summed E-state index contributed by atoms with van der Waals surface area (Å²) in [5, 5.41) is 0. The fourth-order valence-corrected chi connectivity index (χ4v) is 10.7. The van der Waals surface area contributed by atoms with Crippen molar-refractivity contribution in [3.63, 3.8) is 0 Å². The van der Waals surface area contributed by atoms with Crippen molar-refractivity contribution in [1.82, 2.24) is 0 Å². The van der Waals surface area contributed by atoms with E-state index < -0.39 is 0 Å². The van der Waals surface area contributed by atoms with Gasteiger partial charge in [0.15, 0.2) is 0 Å². The van der Waals surface area contributed by atoms with Gasteiger partial charge in [-0.15, -0.1) is 0 Å². The first-order chi connectivity index (χ1) is 14.3. The van der Waals surface area contributed by atoms with Gasteiger partial charge < -0.3 is 0 Å². The summed E-state index contributed by atoms with van der Waals surface area (Å²) in [6, 6.07) is 0. The van der Waals surface area contributed by atoms with Crippen LogP contribution in [0.15, 0.2) is 11.6 Å². The first kappa shape index (κ1) is 22.2. The van der Waals surface area contributed by atoms with Gasteiger partial charge >= 0.3 is 0 Å². The van der Waals surface area contributed by atoms with Gasteiger partial charge in [0.1, 0.15) is 5.78 Å². The summed E-state index contributed by atoms with van der Waals surface area (Å²) in [4.78, 5) is 12.9. The van der Waals surface area contributed by atoms with Crippen molar-refractivity contribution >= 4 is 5.78 Å². The number of ketones is 1. The monoisotopic (exact) mass is 424 g/mol. The van der Waals surface area contributed by atoms with E-state index in [2.05, 4.69) is 61.5 Å². The summed E-state index contributed by atoms with van der Waals surface area (Å²) >= 11 is 0. The summed E-state index contributed by atoms with van der Waals surface area (Å²) < 4.78 is 0. The van der Waals surface area contributed by atoms with Crippen molar-refractivity contribution in [2.75, 3.05) is 0 Å². The number of hydrogen-bond donors (Lipinski definition) is 0. The zero-order chi connectivity index (χ0) is 22.6. The maximum Gasteiger partial charge on any atom is 0.138 e. The lowest BCUT2D eigenvalue weighted by Crippen LogP contribution is -2.64. The van der Waals surface area contributed by atoms with Crippen LogP contribution in [0, 0.1) is 56.7 Å². The molecule has 174 valence electrons. The predicted octanol–water partition coefficient (Wildman–Crippen LogP) is 8.23. The molecule has 0 aromatic carbocycles. The molecule has 0 heterocycles. The quantitative estimate of drug-likeness (QED) is 0.358. The van der Waals surface area contributed by atoms with Crippen LogP contribution < -0.4 is 0 Å². The molecule has 1 nitrogen and oxygen atoms in total. The molecule has 0 bridgehead atoms. The van der Waals surface area contributed by atoms with Gasteiger partial charge in [-0.3, -0.25) is 4.79 Å². The lowest BCUT2D eigenvalue weighted by Gasteiger charge is -2.71. The number of carbonyl (C=O) groups is 1. The van der Waals surface area contributed by atoms with Crippen LogP contribution in [0.1, 0.15) is 113 Å². The number of allylic oxidation sites excluding steroid dienone is 2. The second kappa shape index (κ2) is 6.50. The lowest BCUT2D eigenvalue weighted by molar-refractivity contribution is -0.185. The molecule has 0 unspecified atom stereocenters. The van der Waals surface area contributed by atoms with Gasteiger partial charge in [-0.05, 0) is 103 Å². The molecular formula is C30H48O. The highest BCUT2D eigenvalue weighted by Crippen LogP contribution is 2.75. The molecule has 0 amide bonds. The summed E-state index contributed by atoms with van der Waals surface area (Å²) in [5.41, 5.74) is 3.26. The Hall–Kier alpha value is -0.590. The van der Waals surface area contributed by atoms with Crippen LogP contribution in [0.5, 0.6) is 0 Å². The van der Waals surface area contributed by atoms with E-state index in [1.807, 2.05) is 5.57 Å². The Kier molecular flexibility index (Phi) is 4.66. The van der Waals surface area contributed by atoms with E-state index in [-0.39, 0.29) is 5.41 Å². The highest BCUT2D eigenvalue weighted by atomic mass is 16.1. The Morgan fingerprint density at radius 3 is 2.26 bits per heavy atom. The molecule has 4 saturated carbocycles. The fraction of sp³-hybridized carbons (Fsp3) is 0.900. The van der Waals surface area contributed by atoms with E-state index in [1.54, 1.807) is 0 Å². The summed E-state index contributed by atoms with van der Waals surface area (Å²) in [7, 11) is 0. The third kappa shape index (κ3) is 2.59. The SMILES string of the molecule is C[C@H]1[C@@H](C)CC[C@]2(C)CC[C@]3(C)C(=CC[C@@H]4[C@]5(C)CCC(=O)C(C)(C)[C@H]5CC[C@@]43C)[C@@H]12. The maximum absolute atomic E-state index is 12.9. The van der Waals surface area contributed by atoms with E-state index in [4.69, 9.17) is 0 Å². The molecule has 0 N–H and O–H groups in total. The first-order valence-corrected chi connectivity index (χ1v) is 13.6. The third-order valence-corrected chi connectivity index (χ3v) is 13.1. The van der Waals surface area contributed by atoms with Gasteiger partial charge in [0.05, 0.1) is 0 Å². The molecule has 0 aliphatic heterocycles. The molecule has 5 aliphatic rings. The molecule has 0 saturated heterocycles. The smallest absolute Gasteiger partial charge is 0.138 e. The van der Waals surface area contributed by atoms with Gasteiger partial charge in [0.25, 0.3) is 0 Å². The van der Waals surface area contributed by atoms with Crippen molar-refractivity contribution in [3.05, 3.63) is 11.6 Å². The molecule has 5 aliphatic carbocycles. The van der Waals surface area contributed by atoms with Crippen molar-refractivity contribution in [1.29, 1.82) is 0 Å².